The number of fused-ring (bicyclic) bond motifs is 1. The van der Waals surface area contributed by atoms with Crippen molar-refractivity contribution in [2.75, 3.05) is 19.6 Å². The quantitative estimate of drug-likeness (QED) is 0.234. The number of aromatic nitrogens is 3. The van der Waals surface area contributed by atoms with Crippen LogP contribution in [0.5, 0.6) is 0 Å². The van der Waals surface area contributed by atoms with E-state index >= 15 is 0 Å². The van der Waals surface area contributed by atoms with Crippen LogP contribution in [0.1, 0.15) is 34.7 Å². The SMILES string of the molecule is C=N/C(CNC(=O)c1coc(CCNCCc2nc3cc(C#N)ccc3[nH]2)n1)=C(F)\C=C/C. The molecule has 1 aromatic carbocycles. The average Bonchev–Trinajstić information content (AvgIpc) is 3.45. The van der Waals surface area contributed by atoms with Gasteiger partial charge in [-0.2, -0.15) is 5.26 Å². The Kier molecular flexibility index (Phi) is 8.21. The zero-order valence-electron chi connectivity index (χ0n) is 18.2. The van der Waals surface area contributed by atoms with Crippen molar-refractivity contribution in [3.8, 4) is 6.07 Å². The Hall–Kier alpha value is -4.10. The number of carbonyl (C=O) groups is 1. The Morgan fingerprint density at radius 3 is 2.94 bits per heavy atom. The van der Waals surface area contributed by atoms with Crippen LogP contribution in [-0.4, -0.2) is 47.2 Å². The van der Waals surface area contributed by atoms with Crippen molar-refractivity contribution in [3.63, 3.8) is 0 Å². The summed E-state index contributed by atoms with van der Waals surface area (Å²) >= 11 is 0. The van der Waals surface area contributed by atoms with Crippen LogP contribution in [0.15, 0.2) is 57.5 Å². The number of rotatable bonds is 11. The smallest absolute Gasteiger partial charge is 0.273 e. The van der Waals surface area contributed by atoms with Gasteiger partial charge in [-0.15, -0.1) is 0 Å². The minimum absolute atomic E-state index is 0.0318. The number of imidazole rings is 1. The van der Waals surface area contributed by atoms with Gasteiger partial charge in [-0.3, -0.25) is 9.79 Å². The minimum atomic E-state index is -0.561. The van der Waals surface area contributed by atoms with E-state index in [1.807, 2.05) is 6.07 Å². The number of carbonyl (C=O) groups excluding carboxylic acids is 1. The molecular formula is C23H24FN7O2. The molecule has 0 radical (unpaired) electrons. The number of allylic oxidation sites excluding steroid dienone is 3. The summed E-state index contributed by atoms with van der Waals surface area (Å²) < 4.78 is 19.1. The van der Waals surface area contributed by atoms with Crippen molar-refractivity contribution < 1.29 is 13.6 Å². The first-order valence-electron chi connectivity index (χ1n) is 10.3. The lowest BCUT2D eigenvalue weighted by Crippen LogP contribution is -2.26. The second-order valence-electron chi connectivity index (χ2n) is 7.04. The lowest BCUT2D eigenvalue weighted by atomic mass is 10.2. The predicted octanol–water partition coefficient (Wildman–Crippen LogP) is 2.98. The molecule has 0 aliphatic heterocycles. The monoisotopic (exact) mass is 449 g/mol. The van der Waals surface area contributed by atoms with Gasteiger partial charge in [0.25, 0.3) is 5.91 Å². The van der Waals surface area contributed by atoms with Crippen LogP contribution in [0.2, 0.25) is 0 Å². The third-order valence-electron chi connectivity index (χ3n) is 4.70. The number of oxazole rings is 1. The van der Waals surface area contributed by atoms with Crippen LogP contribution in [-0.2, 0) is 12.8 Å². The molecule has 3 N–H and O–H groups in total. The molecule has 10 heteroatoms. The van der Waals surface area contributed by atoms with E-state index < -0.39 is 11.7 Å². The van der Waals surface area contributed by atoms with Gasteiger partial charge in [-0.1, -0.05) is 6.08 Å². The van der Waals surface area contributed by atoms with Gasteiger partial charge in [0.2, 0.25) is 0 Å². The molecule has 0 atom stereocenters. The van der Waals surface area contributed by atoms with Crippen molar-refractivity contribution >= 4 is 23.7 Å². The highest BCUT2D eigenvalue weighted by Crippen LogP contribution is 2.13. The molecule has 0 bridgehead atoms. The summed E-state index contributed by atoms with van der Waals surface area (Å²) in [5.74, 6) is 0.195. The zero-order chi connectivity index (χ0) is 23.6. The molecule has 0 fully saturated rings. The Balaban J connectivity index is 1.42. The molecule has 2 heterocycles. The van der Waals surface area contributed by atoms with Gasteiger partial charge in [0.05, 0.1) is 34.9 Å². The Morgan fingerprint density at radius 2 is 2.18 bits per heavy atom. The number of hydrogen-bond donors (Lipinski definition) is 3. The standard InChI is InChI=1S/C23H24FN7O2/c1-3-4-16(24)19(26-2)13-28-23(32)20-14-33-22(31-20)8-10-27-9-7-21-29-17-6-5-15(12-25)11-18(17)30-21/h3-6,11,14,27H,2,7-10,13H2,1H3,(H,28,32)(H,29,30)/b4-3-,19-16+. The van der Waals surface area contributed by atoms with Gasteiger partial charge < -0.3 is 20.0 Å². The number of nitrogens with one attached hydrogen (secondary N) is 3. The summed E-state index contributed by atoms with van der Waals surface area (Å²) in [6.07, 6.45) is 5.22. The minimum Gasteiger partial charge on any atom is -0.448 e. The third-order valence-corrected chi connectivity index (χ3v) is 4.70. The fraction of sp³-hybridized carbons (Fsp3) is 0.261. The van der Waals surface area contributed by atoms with E-state index in [0.717, 1.165) is 16.9 Å². The summed E-state index contributed by atoms with van der Waals surface area (Å²) in [6, 6.07) is 7.45. The molecular weight excluding hydrogens is 425 g/mol. The number of amides is 1. The van der Waals surface area contributed by atoms with E-state index in [4.69, 9.17) is 9.68 Å². The topological polar surface area (TPSA) is 132 Å². The maximum absolute atomic E-state index is 13.8. The van der Waals surface area contributed by atoms with E-state index in [9.17, 15) is 9.18 Å². The van der Waals surface area contributed by atoms with E-state index in [-0.39, 0.29) is 17.9 Å². The average molecular weight is 449 g/mol. The summed E-state index contributed by atoms with van der Waals surface area (Å²) in [5, 5.41) is 14.8. The fourth-order valence-corrected chi connectivity index (χ4v) is 3.02. The van der Waals surface area contributed by atoms with Crippen LogP contribution in [0.3, 0.4) is 0 Å². The molecule has 0 saturated carbocycles. The number of hydrogen-bond acceptors (Lipinski definition) is 7. The van der Waals surface area contributed by atoms with Gasteiger partial charge in [0, 0.05) is 25.9 Å². The van der Waals surface area contributed by atoms with Crippen LogP contribution in [0, 0.1) is 11.3 Å². The van der Waals surface area contributed by atoms with Gasteiger partial charge in [-0.05, 0) is 37.9 Å². The largest absolute Gasteiger partial charge is 0.448 e. The molecule has 0 unspecified atom stereocenters. The Labute approximate surface area is 190 Å². The van der Waals surface area contributed by atoms with Crippen molar-refractivity contribution in [2.24, 2.45) is 4.99 Å². The summed E-state index contributed by atoms with van der Waals surface area (Å²) in [5.41, 5.74) is 2.38. The molecule has 3 aromatic rings. The highest BCUT2D eigenvalue weighted by molar-refractivity contribution is 5.92. The predicted molar refractivity (Wildman–Crippen MR) is 122 cm³/mol. The molecule has 0 spiro atoms. The van der Waals surface area contributed by atoms with Crippen LogP contribution >= 0.6 is 0 Å². The molecule has 33 heavy (non-hydrogen) atoms. The Morgan fingerprint density at radius 1 is 1.36 bits per heavy atom. The first-order chi connectivity index (χ1) is 16.0. The molecule has 0 aliphatic rings. The number of halogens is 1. The lowest BCUT2D eigenvalue weighted by molar-refractivity contribution is 0.0951. The van der Waals surface area contributed by atoms with Crippen molar-refractivity contribution in [2.45, 2.75) is 19.8 Å². The zero-order valence-corrected chi connectivity index (χ0v) is 18.2. The van der Waals surface area contributed by atoms with Crippen LogP contribution in [0.25, 0.3) is 11.0 Å². The van der Waals surface area contributed by atoms with E-state index in [2.05, 4.69) is 43.4 Å². The van der Waals surface area contributed by atoms with Crippen molar-refractivity contribution in [3.05, 3.63) is 71.1 Å². The van der Waals surface area contributed by atoms with Gasteiger partial charge >= 0.3 is 0 Å². The number of aliphatic imine (C=N–C) groups is 1. The Bertz CT molecular complexity index is 1230. The molecule has 170 valence electrons. The van der Waals surface area contributed by atoms with Gasteiger partial charge in [-0.25, -0.2) is 14.4 Å². The van der Waals surface area contributed by atoms with Gasteiger partial charge in [0.1, 0.15) is 17.9 Å². The second kappa shape index (κ2) is 11.5. The normalized spacial score (nSPS) is 12.0. The molecule has 2 aromatic heterocycles. The second-order valence-corrected chi connectivity index (χ2v) is 7.04. The van der Waals surface area contributed by atoms with Crippen molar-refractivity contribution in [1.82, 2.24) is 25.6 Å². The number of H-pyrrole nitrogens is 1. The third kappa shape index (κ3) is 6.44. The maximum atomic E-state index is 13.8. The number of nitrogens with zero attached hydrogens (tertiary/aromatic N) is 4. The highest BCUT2D eigenvalue weighted by Gasteiger charge is 2.13. The first-order valence-corrected chi connectivity index (χ1v) is 10.3. The summed E-state index contributed by atoms with van der Waals surface area (Å²) in [4.78, 5) is 27.7. The fourth-order valence-electron chi connectivity index (χ4n) is 3.02. The molecule has 0 aliphatic carbocycles. The van der Waals surface area contributed by atoms with E-state index in [1.54, 1.807) is 19.1 Å². The summed E-state index contributed by atoms with van der Waals surface area (Å²) in [6.45, 7) is 6.16. The maximum Gasteiger partial charge on any atom is 0.273 e. The lowest BCUT2D eigenvalue weighted by Gasteiger charge is -2.03. The summed E-state index contributed by atoms with van der Waals surface area (Å²) in [7, 11) is 0. The van der Waals surface area contributed by atoms with E-state index in [0.29, 0.717) is 37.4 Å². The number of benzene rings is 1. The molecule has 3 rings (SSSR count). The van der Waals surface area contributed by atoms with Crippen LogP contribution in [0.4, 0.5) is 4.39 Å². The van der Waals surface area contributed by atoms with Gasteiger partial charge in [0.15, 0.2) is 11.6 Å². The first kappa shape index (κ1) is 23.6. The highest BCUT2D eigenvalue weighted by atomic mass is 19.1. The van der Waals surface area contributed by atoms with E-state index in [1.165, 1.54) is 18.4 Å². The number of nitriles is 1. The van der Waals surface area contributed by atoms with Crippen LogP contribution < -0.4 is 10.6 Å². The number of aromatic amines is 1. The van der Waals surface area contributed by atoms with Crippen molar-refractivity contribution in [1.29, 1.82) is 5.26 Å². The molecule has 1 amide bonds. The molecule has 0 saturated heterocycles. The molecule has 9 nitrogen and oxygen atoms in total.